The molecule has 0 spiro atoms. The van der Waals surface area contributed by atoms with Gasteiger partial charge in [0.2, 0.25) is 0 Å². The Morgan fingerprint density at radius 3 is 2.44 bits per heavy atom. The summed E-state index contributed by atoms with van der Waals surface area (Å²) in [5, 5.41) is 10.2. The van der Waals surface area contributed by atoms with E-state index in [0.29, 0.717) is 11.1 Å². The quantitative estimate of drug-likeness (QED) is 0.347. The fourth-order valence-electron chi connectivity index (χ4n) is 3.16. The number of aromatic nitrogens is 5. The fraction of sp³-hybridized carbons (Fsp3) is 0.190. The Balaban J connectivity index is 1.76. The van der Waals surface area contributed by atoms with E-state index in [1.54, 1.807) is 6.92 Å². The van der Waals surface area contributed by atoms with Gasteiger partial charge in [-0.05, 0) is 37.3 Å². The van der Waals surface area contributed by atoms with Crippen LogP contribution in [0.3, 0.4) is 0 Å². The van der Waals surface area contributed by atoms with Crippen molar-refractivity contribution >= 4 is 23.2 Å². The number of nitrogens with zero attached hydrogens (tertiary/aromatic N) is 5. The number of esters is 1. The number of carbonyl (C=O) groups excluding carboxylic acids is 2. The molecule has 0 bridgehead atoms. The lowest BCUT2D eigenvalue weighted by atomic mass is 10.1. The Morgan fingerprint density at radius 2 is 1.82 bits per heavy atom. The first kappa shape index (κ1) is 22.9. The molecule has 0 aliphatic heterocycles. The van der Waals surface area contributed by atoms with Crippen molar-refractivity contribution in [2.75, 3.05) is 12.4 Å². The highest BCUT2D eigenvalue weighted by Gasteiger charge is 2.36. The topological polar surface area (TPSA) is 103 Å². The minimum absolute atomic E-state index is 0.00626. The van der Waals surface area contributed by atoms with Crippen LogP contribution in [-0.4, -0.2) is 43.4 Å². The van der Waals surface area contributed by atoms with Crippen LogP contribution in [0.25, 0.3) is 16.9 Å². The number of benzene rings is 1. The van der Waals surface area contributed by atoms with Crippen LogP contribution >= 0.6 is 0 Å². The van der Waals surface area contributed by atoms with Gasteiger partial charge >= 0.3 is 12.1 Å². The molecule has 34 heavy (non-hydrogen) atoms. The molecule has 0 aliphatic carbocycles. The largest absolute Gasteiger partial charge is 0.464 e. The van der Waals surface area contributed by atoms with Crippen LogP contribution in [0, 0.1) is 5.82 Å². The molecular weight excluding hydrogens is 460 g/mol. The minimum atomic E-state index is -4.82. The molecule has 1 aromatic carbocycles. The summed E-state index contributed by atoms with van der Waals surface area (Å²) in [5.74, 6) is -2.24. The molecule has 4 aromatic rings. The molecule has 13 heteroatoms. The number of halogens is 4. The summed E-state index contributed by atoms with van der Waals surface area (Å²) in [6.45, 7) is 2.14. The van der Waals surface area contributed by atoms with Gasteiger partial charge in [-0.25, -0.2) is 18.7 Å². The Hall–Kier alpha value is -4.29. The predicted molar refractivity (Wildman–Crippen MR) is 111 cm³/mol. The van der Waals surface area contributed by atoms with Crippen LogP contribution in [0.15, 0.2) is 42.6 Å². The van der Waals surface area contributed by atoms with Crippen molar-refractivity contribution in [1.82, 2.24) is 24.4 Å². The van der Waals surface area contributed by atoms with E-state index in [-0.39, 0.29) is 34.0 Å². The Morgan fingerprint density at radius 1 is 1.12 bits per heavy atom. The van der Waals surface area contributed by atoms with Gasteiger partial charge in [0.1, 0.15) is 5.82 Å². The van der Waals surface area contributed by atoms with Crippen molar-refractivity contribution in [3.05, 3.63) is 65.5 Å². The van der Waals surface area contributed by atoms with Gasteiger partial charge in [0, 0.05) is 24.4 Å². The molecule has 1 amide bonds. The lowest BCUT2D eigenvalue weighted by Crippen LogP contribution is -2.17. The van der Waals surface area contributed by atoms with Gasteiger partial charge < -0.3 is 10.1 Å². The van der Waals surface area contributed by atoms with Crippen molar-refractivity contribution in [1.29, 1.82) is 0 Å². The molecule has 0 atom stereocenters. The molecular formula is C21H16F4N6O3. The summed E-state index contributed by atoms with van der Waals surface area (Å²) >= 11 is 0. The molecule has 0 fully saturated rings. The van der Waals surface area contributed by atoms with Gasteiger partial charge in [0.25, 0.3) is 5.91 Å². The lowest BCUT2D eigenvalue weighted by molar-refractivity contribution is -0.142. The number of hydrogen-bond acceptors (Lipinski definition) is 6. The SMILES string of the molecule is CCn1cc(NC(=O)c2cc3nc(-c4ccc(F)cc4)cc(C(F)(F)F)n3n2)c(C(=O)OC)n1. The number of nitrogens with one attached hydrogen (secondary N) is 1. The summed E-state index contributed by atoms with van der Waals surface area (Å²) < 4.78 is 61.0. The van der Waals surface area contributed by atoms with E-state index in [4.69, 9.17) is 0 Å². The van der Waals surface area contributed by atoms with Crippen molar-refractivity contribution < 1.29 is 31.9 Å². The summed E-state index contributed by atoms with van der Waals surface area (Å²) in [6.07, 6.45) is -3.44. The lowest BCUT2D eigenvalue weighted by Gasteiger charge is -2.11. The molecule has 4 rings (SSSR count). The Bertz CT molecular complexity index is 1390. The zero-order chi connectivity index (χ0) is 24.6. The molecule has 3 aromatic heterocycles. The number of amides is 1. The van der Waals surface area contributed by atoms with Crippen LogP contribution in [0.2, 0.25) is 0 Å². The maximum atomic E-state index is 13.7. The average molecular weight is 476 g/mol. The van der Waals surface area contributed by atoms with Crippen LogP contribution < -0.4 is 5.32 Å². The maximum absolute atomic E-state index is 13.7. The summed E-state index contributed by atoms with van der Waals surface area (Å²) in [4.78, 5) is 28.9. The third-order valence-corrected chi connectivity index (χ3v) is 4.80. The van der Waals surface area contributed by atoms with Crippen LogP contribution in [0.1, 0.15) is 33.6 Å². The number of alkyl halides is 3. The standard InChI is InChI=1S/C21H16F4N6O3/c1-3-30-10-15(18(29-30)20(33)34-2)27-19(32)14-9-17-26-13(11-4-6-12(22)7-5-11)8-16(21(23,24)25)31(17)28-14/h4-10H,3H2,1-2H3,(H,27,32). The number of hydrogen-bond donors (Lipinski definition) is 1. The van der Waals surface area contributed by atoms with E-state index in [9.17, 15) is 27.2 Å². The summed E-state index contributed by atoms with van der Waals surface area (Å²) in [6, 6.07) is 6.60. The van der Waals surface area contributed by atoms with E-state index >= 15 is 0 Å². The van der Waals surface area contributed by atoms with Gasteiger partial charge in [-0.3, -0.25) is 9.48 Å². The first-order valence-electron chi connectivity index (χ1n) is 9.81. The Kier molecular flexibility index (Phi) is 5.77. The second kappa shape index (κ2) is 8.57. The maximum Gasteiger partial charge on any atom is 0.433 e. The van der Waals surface area contributed by atoms with Crippen LogP contribution in [0.4, 0.5) is 23.2 Å². The van der Waals surface area contributed by atoms with Crippen LogP contribution in [0.5, 0.6) is 0 Å². The molecule has 3 heterocycles. The predicted octanol–water partition coefficient (Wildman–Crippen LogP) is 3.81. The van der Waals surface area contributed by atoms with E-state index in [0.717, 1.165) is 31.4 Å². The molecule has 0 unspecified atom stereocenters. The highest BCUT2D eigenvalue weighted by Crippen LogP contribution is 2.32. The van der Waals surface area contributed by atoms with Gasteiger partial charge in [-0.1, -0.05) is 0 Å². The molecule has 0 saturated heterocycles. The minimum Gasteiger partial charge on any atom is -0.464 e. The fourth-order valence-corrected chi connectivity index (χ4v) is 3.16. The number of ether oxygens (including phenoxy) is 1. The Labute approximate surface area is 189 Å². The number of rotatable bonds is 5. The normalized spacial score (nSPS) is 11.6. The zero-order valence-corrected chi connectivity index (χ0v) is 17.7. The molecule has 0 saturated carbocycles. The highest BCUT2D eigenvalue weighted by molar-refractivity contribution is 6.06. The number of anilines is 1. The third-order valence-electron chi connectivity index (χ3n) is 4.80. The molecule has 0 aliphatic rings. The van der Waals surface area contributed by atoms with E-state index < -0.39 is 29.6 Å². The summed E-state index contributed by atoms with van der Waals surface area (Å²) in [7, 11) is 1.14. The number of carbonyl (C=O) groups is 2. The molecule has 176 valence electrons. The highest BCUT2D eigenvalue weighted by atomic mass is 19.4. The first-order chi connectivity index (χ1) is 16.1. The van der Waals surface area contributed by atoms with Crippen LogP contribution in [-0.2, 0) is 17.5 Å². The van der Waals surface area contributed by atoms with Gasteiger partial charge in [-0.2, -0.15) is 23.4 Å². The van der Waals surface area contributed by atoms with Crippen molar-refractivity contribution in [2.24, 2.45) is 0 Å². The van der Waals surface area contributed by atoms with Crippen molar-refractivity contribution in [2.45, 2.75) is 19.6 Å². The van der Waals surface area contributed by atoms with E-state index in [2.05, 4.69) is 25.2 Å². The zero-order valence-electron chi connectivity index (χ0n) is 17.7. The van der Waals surface area contributed by atoms with Gasteiger partial charge in [-0.15, -0.1) is 0 Å². The van der Waals surface area contributed by atoms with E-state index in [1.165, 1.54) is 23.0 Å². The number of methoxy groups -OCH3 is 1. The second-order valence-corrected chi connectivity index (χ2v) is 7.02. The number of aryl methyl sites for hydroxylation is 1. The monoisotopic (exact) mass is 476 g/mol. The summed E-state index contributed by atoms with van der Waals surface area (Å²) in [5.41, 5.74) is -1.81. The average Bonchev–Trinajstić information content (AvgIpc) is 3.41. The van der Waals surface area contributed by atoms with E-state index in [1.807, 2.05) is 0 Å². The molecule has 0 radical (unpaired) electrons. The van der Waals surface area contributed by atoms with Gasteiger partial charge in [0.15, 0.2) is 22.7 Å². The van der Waals surface area contributed by atoms with Crippen molar-refractivity contribution in [3.63, 3.8) is 0 Å². The first-order valence-corrected chi connectivity index (χ1v) is 9.81. The second-order valence-electron chi connectivity index (χ2n) is 7.02. The molecule has 1 N–H and O–H groups in total. The third kappa shape index (κ3) is 4.31. The smallest absolute Gasteiger partial charge is 0.433 e. The number of fused-ring (bicyclic) bond motifs is 1. The van der Waals surface area contributed by atoms with Crippen molar-refractivity contribution in [3.8, 4) is 11.3 Å². The van der Waals surface area contributed by atoms with Gasteiger partial charge in [0.05, 0.1) is 18.5 Å². The molecule has 9 nitrogen and oxygen atoms in total.